The highest BCUT2D eigenvalue weighted by molar-refractivity contribution is 6.02. The molecule has 0 aliphatic rings. The molecule has 4 nitrogen and oxygen atoms in total. The number of rotatable bonds is 3. The third-order valence-corrected chi connectivity index (χ3v) is 4.57. The quantitative estimate of drug-likeness (QED) is 0.540. The smallest absolute Gasteiger partial charge is 0.265 e. The maximum absolute atomic E-state index is 13.0. The van der Waals surface area contributed by atoms with Gasteiger partial charge in [-0.1, -0.05) is 54.6 Å². The van der Waals surface area contributed by atoms with Crippen LogP contribution in [0.1, 0.15) is 11.1 Å². The standard InChI is InChI=1S/C23H18N2O2/c1-16-9-5-8-14-21(16)24-15-20-18-12-6-7-13-19(18)22(26)25(23(20)27)17-10-3-2-4-11-17/h2-15,27H,1H3. The van der Waals surface area contributed by atoms with Gasteiger partial charge >= 0.3 is 0 Å². The molecule has 4 heteroatoms. The van der Waals surface area contributed by atoms with Crippen molar-refractivity contribution in [3.63, 3.8) is 0 Å². The number of aromatic nitrogens is 1. The van der Waals surface area contributed by atoms with E-state index < -0.39 is 0 Å². The second-order valence-corrected chi connectivity index (χ2v) is 6.30. The second-order valence-electron chi connectivity index (χ2n) is 6.30. The highest BCUT2D eigenvalue weighted by Crippen LogP contribution is 2.27. The number of aliphatic imine (C=N–C) groups is 1. The van der Waals surface area contributed by atoms with Crippen LogP contribution in [0.4, 0.5) is 5.69 Å². The summed E-state index contributed by atoms with van der Waals surface area (Å²) in [5, 5.41) is 12.1. The van der Waals surface area contributed by atoms with Gasteiger partial charge in [0, 0.05) is 17.0 Å². The van der Waals surface area contributed by atoms with Crippen LogP contribution < -0.4 is 5.56 Å². The van der Waals surface area contributed by atoms with Crippen LogP contribution in [-0.2, 0) is 0 Å². The van der Waals surface area contributed by atoms with E-state index in [1.807, 2.05) is 67.6 Å². The maximum atomic E-state index is 13.0. The Morgan fingerprint density at radius 3 is 2.22 bits per heavy atom. The Kier molecular flexibility index (Phi) is 4.30. The third-order valence-electron chi connectivity index (χ3n) is 4.57. The Labute approximate surface area is 156 Å². The van der Waals surface area contributed by atoms with Crippen LogP contribution in [0.3, 0.4) is 0 Å². The average molecular weight is 354 g/mol. The lowest BCUT2D eigenvalue weighted by Gasteiger charge is -2.13. The summed E-state index contributed by atoms with van der Waals surface area (Å²) in [4.78, 5) is 17.5. The van der Waals surface area contributed by atoms with E-state index in [2.05, 4.69) is 4.99 Å². The van der Waals surface area contributed by atoms with Crippen molar-refractivity contribution in [2.75, 3.05) is 0 Å². The van der Waals surface area contributed by atoms with Crippen molar-refractivity contribution in [2.45, 2.75) is 6.92 Å². The Morgan fingerprint density at radius 1 is 0.852 bits per heavy atom. The molecule has 27 heavy (non-hydrogen) atoms. The number of hydrogen-bond acceptors (Lipinski definition) is 3. The van der Waals surface area contributed by atoms with Gasteiger partial charge in [-0.3, -0.25) is 9.79 Å². The summed E-state index contributed by atoms with van der Waals surface area (Å²) in [5.74, 6) is -0.123. The molecule has 0 fully saturated rings. The maximum Gasteiger partial charge on any atom is 0.265 e. The number of fused-ring (bicyclic) bond motifs is 1. The largest absolute Gasteiger partial charge is 0.494 e. The van der Waals surface area contributed by atoms with E-state index in [1.165, 1.54) is 4.57 Å². The first-order valence-electron chi connectivity index (χ1n) is 8.68. The van der Waals surface area contributed by atoms with Crippen LogP contribution in [0.25, 0.3) is 16.5 Å². The normalized spacial score (nSPS) is 11.3. The third kappa shape index (κ3) is 3.02. The Hall–Kier alpha value is -3.66. The van der Waals surface area contributed by atoms with Gasteiger partial charge in [0.15, 0.2) is 0 Å². The molecule has 0 bridgehead atoms. The first-order valence-corrected chi connectivity index (χ1v) is 8.68. The predicted molar refractivity (Wildman–Crippen MR) is 110 cm³/mol. The Bertz CT molecular complexity index is 1210. The second kappa shape index (κ2) is 6.92. The molecule has 0 saturated carbocycles. The molecular weight excluding hydrogens is 336 g/mol. The van der Waals surface area contributed by atoms with Crippen molar-refractivity contribution in [3.05, 3.63) is 100 Å². The van der Waals surface area contributed by atoms with E-state index >= 15 is 0 Å². The SMILES string of the molecule is Cc1ccccc1N=Cc1c(O)n(-c2ccccc2)c(=O)c2ccccc12. The minimum Gasteiger partial charge on any atom is -0.494 e. The van der Waals surface area contributed by atoms with E-state index in [9.17, 15) is 9.90 Å². The molecule has 0 aliphatic heterocycles. The van der Waals surface area contributed by atoms with Crippen LogP contribution in [0.5, 0.6) is 5.88 Å². The lowest BCUT2D eigenvalue weighted by molar-refractivity contribution is 0.436. The summed E-state index contributed by atoms with van der Waals surface area (Å²) in [6.07, 6.45) is 1.62. The number of hydrogen-bond donors (Lipinski definition) is 1. The Balaban J connectivity index is 2.00. The highest BCUT2D eigenvalue weighted by atomic mass is 16.3. The lowest BCUT2D eigenvalue weighted by atomic mass is 10.1. The van der Waals surface area contributed by atoms with Gasteiger partial charge in [0.2, 0.25) is 5.88 Å². The van der Waals surface area contributed by atoms with Crippen molar-refractivity contribution >= 4 is 22.7 Å². The zero-order valence-corrected chi connectivity index (χ0v) is 14.8. The van der Waals surface area contributed by atoms with E-state index in [4.69, 9.17) is 0 Å². The number of aryl methyl sites for hydroxylation is 1. The molecule has 1 N–H and O–H groups in total. The summed E-state index contributed by atoms with van der Waals surface area (Å²) in [6, 6.07) is 24.1. The molecule has 0 saturated heterocycles. The first kappa shape index (κ1) is 16.8. The molecule has 0 aliphatic carbocycles. The topological polar surface area (TPSA) is 54.6 Å². The molecule has 0 unspecified atom stereocenters. The van der Waals surface area contributed by atoms with Gasteiger partial charge in [-0.2, -0.15) is 0 Å². The number of benzene rings is 3. The van der Waals surface area contributed by atoms with Crippen molar-refractivity contribution in [1.82, 2.24) is 4.57 Å². The summed E-state index contributed by atoms with van der Waals surface area (Å²) in [7, 11) is 0. The van der Waals surface area contributed by atoms with Crippen LogP contribution >= 0.6 is 0 Å². The van der Waals surface area contributed by atoms with Gasteiger partial charge in [0.1, 0.15) is 0 Å². The number of pyridine rings is 1. The average Bonchev–Trinajstić information content (AvgIpc) is 2.70. The van der Waals surface area contributed by atoms with Gasteiger partial charge in [-0.15, -0.1) is 0 Å². The molecule has 4 aromatic rings. The summed E-state index contributed by atoms with van der Waals surface area (Å²) >= 11 is 0. The summed E-state index contributed by atoms with van der Waals surface area (Å²) in [6.45, 7) is 1.98. The molecule has 4 rings (SSSR count). The molecule has 0 amide bonds. The van der Waals surface area contributed by atoms with Crippen molar-refractivity contribution in [3.8, 4) is 11.6 Å². The van der Waals surface area contributed by atoms with Gasteiger partial charge < -0.3 is 5.11 Å². The fraction of sp³-hybridized carbons (Fsp3) is 0.0435. The van der Waals surface area contributed by atoms with Gasteiger partial charge in [0.25, 0.3) is 5.56 Å². The molecule has 0 atom stereocenters. The minimum atomic E-state index is -0.262. The van der Waals surface area contributed by atoms with Crippen molar-refractivity contribution in [1.29, 1.82) is 0 Å². The van der Waals surface area contributed by atoms with Gasteiger partial charge in [-0.05, 0) is 36.8 Å². The fourth-order valence-corrected chi connectivity index (χ4v) is 3.15. The highest BCUT2D eigenvalue weighted by Gasteiger charge is 2.16. The number of nitrogens with zero attached hydrogens (tertiary/aromatic N) is 2. The summed E-state index contributed by atoms with van der Waals surface area (Å²) < 4.78 is 1.32. The van der Waals surface area contributed by atoms with Gasteiger partial charge in [-0.25, -0.2) is 4.57 Å². The zero-order chi connectivity index (χ0) is 18.8. The van der Waals surface area contributed by atoms with E-state index in [0.29, 0.717) is 22.0 Å². The monoisotopic (exact) mass is 354 g/mol. The Morgan fingerprint density at radius 2 is 1.48 bits per heavy atom. The summed E-state index contributed by atoms with van der Waals surface area (Å²) in [5.41, 5.74) is 2.71. The predicted octanol–water partition coefficient (Wildman–Crippen LogP) is 4.76. The fourth-order valence-electron chi connectivity index (χ4n) is 3.15. The van der Waals surface area contributed by atoms with Gasteiger partial charge in [0.05, 0.1) is 16.9 Å². The first-order chi connectivity index (χ1) is 13.2. The number of para-hydroxylation sites is 2. The van der Waals surface area contributed by atoms with E-state index in [-0.39, 0.29) is 11.4 Å². The minimum absolute atomic E-state index is 0.123. The molecule has 0 spiro atoms. The molecule has 132 valence electrons. The van der Waals surface area contributed by atoms with E-state index in [0.717, 1.165) is 11.3 Å². The molecular formula is C23H18N2O2. The molecule has 3 aromatic carbocycles. The van der Waals surface area contributed by atoms with Crippen LogP contribution in [-0.4, -0.2) is 15.9 Å². The lowest BCUT2D eigenvalue weighted by Crippen LogP contribution is -2.20. The van der Waals surface area contributed by atoms with Crippen molar-refractivity contribution in [2.24, 2.45) is 4.99 Å². The zero-order valence-electron chi connectivity index (χ0n) is 14.8. The molecule has 1 aromatic heterocycles. The van der Waals surface area contributed by atoms with Crippen LogP contribution in [0.15, 0.2) is 88.6 Å². The van der Waals surface area contributed by atoms with E-state index in [1.54, 1.807) is 24.4 Å². The van der Waals surface area contributed by atoms with Crippen LogP contribution in [0.2, 0.25) is 0 Å². The molecule has 0 radical (unpaired) electrons. The van der Waals surface area contributed by atoms with Crippen LogP contribution in [0, 0.1) is 6.92 Å². The number of aromatic hydroxyl groups is 1. The van der Waals surface area contributed by atoms with Crippen molar-refractivity contribution < 1.29 is 5.11 Å². The molecule has 1 heterocycles.